The fraction of sp³-hybridized carbons (Fsp3) is 0.0952. The fourth-order valence-electron chi connectivity index (χ4n) is 13.8. The zero-order valence-electron chi connectivity index (χ0n) is 51.8. The molecule has 12 aromatic carbocycles. The van der Waals surface area contributed by atoms with Gasteiger partial charge in [-0.3, -0.25) is 0 Å². The summed E-state index contributed by atoms with van der Waals surface area (Å²) in [5.74, 6) is 1.71. The van der Waals surface area contributed by atoms with E-state index in [1.807, 2.05) is 42.5 Å². The average molecular weight is 1160 g/mol. The summed E-state index contributed by atoms with van der Waals surface area (Å²) in [5, 5.41) is 4.54. The molecule has 90 heavy (non-hydrogen) atoms. The van der Waals surface area contributed by atoms with Crippen molar-refractivity contribution in [3.8, 4) is 101 Å². The first-order chi connectivity index (χ1) is 43.8. The molecule has 6 nitrogen and oxygen atoms in total. The molecule has 0 aliphatic rings. The van der Waals surface area contributed by atoms with Crippen LogP contribution in [0.4, 0.5) is 5.69 Å². The second-order valence-corrected chi connectivity index (χ2v) is 24.5. The number of aryl methyl sites for hydroxylation is 8. The van der Waals surface area contributed by atoms with E-state index in [1.165, 1.54) is 66.8 Å². The Morgan fingerprint density at radius 1 is 0.267 bits per heavy atom. The molecule has 15 aromatic rings. The molecule has 15 rings (SSSR count). The molecule has 0 aliphatic heterocycles. The first kappa shape index (κ1) is 55.3. The Morgan fingerprint density at radius 2 is 0.600 bits per heavy atom. The van der Waals surface area contributed by atoms with Crippen LogP contribution in [0.25, 0.3) is 150 Å². The average Bonchev–Trinajstić information content (AvgIpc) is 1.57. The number of rotatable bonds is 10. The summed E-state index contributed by atoms with van der Waals surface area (Å²) < 4.78 is 4.86. The Labute approximate surface area is 525 Å². The van der Waals surface area contributed by atoms with E-state index in [1.54, 1.807) is 0 Å². The molecule has 0 spiro atoms. The lowest BCUT2D eigenvalue weighted by Gasteiger charge is -2.20. The van der Waals surface area contributed by atoms with Crippen molar-refractivity contribution in [2.45, 2.75) is 55.4 Å². The Morgan fingerprint density at radius 3 is 0.956 bits per heavy atom. The molecule has 0 unspecified atom stereocenters. The summed E-state index contributed by atoms with van der Waals surface area (Å²) in [6, 6.07) is 87.9. The van der Waals surface area contributed by atoms with Gasteiger partial charge in [0.05, 0.1) is 40.0 Å². The van der Waals surface area contributed by atoms with E-state index in [9.17, 15) is 0 Å². The monoisotopic (exact) mass is 1160 g/mol. The topological polar surface area (TPSA) is 52.9 Å². The van der Waals surface area contributed by atoms with Gasteiger partial charge in [-0.1, -0.05) is 198 Å². The number of hydrogen-bond acceptors (Lipinski definition) is 3. The zero-order chi connectivity index (χ0) is 61.5. The summed E-state index contributed by atoms with van der Waals surface area (Å²) in [6.45, 7) is 26.1. The fourth-order valence-corrected chi connectivity index (χ4v) is 13.8. The highest BCUT2D eigenvalue weighted by Gasteiger charge is 2.25. The maximum Gasteiger partial charge on any atom is 0.188 e. The molecule has 430 valence electrons. The van der Waals surface area contributed by atoms with Gasteiger partial charge in [-0.2, -0.15) is 0 Å². The quantitative estimate of drug-likeness (QED) is 0.128. The number of fused-ring (bicyclic) bond motifs is 6. The molecule has 0 aliphatic carbocycles. The molecule has 0 amide bonds. The largest absolute Gasteiger partial charge is 0.309 e. The van der Waals surface area contributed by atoms with Gasteiger partial charge < -0.3 is 9.13 Å². The minimum Gasteiger partial charge on any atom is -0.309 e. The highest BCUT2D eigenvalue weighted by Crippen LogP contribution is 2.46. The van der Waals surface area contributed by atoms with Crippen molar-refractivity contribution in [3.63, 3.8) is 0 Å². The second kappa shape index (κ2) is 22.2. The zero-order valence-corrected chi connectivity index (χ0v) is 51.8. The van der Waals surface area contributed by atoms with Crippen LogP contribution < -0.4 is 0 Å². The third kappa shape index (κ3) is 9.73. The first-order valence-corrected chi connectivity index (χ1v) is 30.8. The Hall–Kier alpha value is -11.3. The molecule has 6 heteroatoms. The lowest BCUT2D eigenvalue weighted by molar-refractivity contribution is 1.07. The Bertz CT molecular complexity index is 5190. The summed E-state index contributed by atoms with van der Waals surface area (Å²) >= 11 is 0. The van der Waals surface area contributed by atoms with Gasteiger partial charge in [0, 0.05) is 43.8 Å². The van der Waals surface area contributed by atoms with Crippen LogP contribution in [0.2, 0.25) is 0 Å². The van der Waals surface area contributed by atoms with Gasteiger partial charge in [-0.05, 0) is 194 Å². The van der Waals surface area contributed by atoms with Gasteiger partial charge in [0.2, 0.25) is 0 Å². The van der Waals surface area contributed by atoms with E-state index < -0.39 is 0 Å². The third-order valence-electron chi connectivity index (χ3n) is 18.1. The maximum absolute atomic E-state index is 8.65. The van der Waals surface area contributed by atoms with Gasteiger partial charge in [0.15, 0.2) is 23.2 Å². The van der Waals surface area contributed by atoms with Crippen LogP contribution in [0.1, 0.15) is 44.5 Å². The standard InChI is InChI=1S/C84H64N6/c1-50-20-30-66(54(5)40-50)60-25-35-76-71(44-60)72-45-61(67-31-21-51(2)41-55(67)6)26-36-77(72)89(76)80-39-29-65(85-9)49-75(80)70-34-24-64(84-87-82(58-16-12-10-13-17-58)86-83(88-84)59-18-14-11-15-19-59)48-81(70)90-78-37-27-62(68-32-22-52(3)42-56(68)7)46-73(78)74-47-63(28-38-79(74)90)69-33-23-53(4)43-57(69)8/h10-49H,1-8H3. The molecule has 0 fully saturated rings. The molecule has 3 heterocycles. The Kier molecular flexibility index (Phi) is 13.6. The van der Waals surface area contributed by atoms with Crippen molar-refractivity contribution in [3.05, 3.63) is 299 Å². The van der Waals surface area contributed by atoms with E-state index in [4.69, 9.17) is 21.5 Å². The normalized spacial score (nSPS) is 11.5. The number of benzene rings is 12. The van der Waals surface area contributed by atoms with Crippen LogP contribution in [0.3, 0.4) is 0 Å². The van der Waals surface area contributed by atoms with Gasteiger partial charge in [0.25, 0.3) is 0 Å². The van der Waals surface area contributed by atoms with Crippen molar-refractivity contribution < 1.29 is 0 Å². The summed E-state index contributed by atoms with van der Waals surface area (Å²) in [5.41, 5.74) is 30.3. The van der Waals surface area contributed by atoms with E-state index in [0.29, 0.717) is 23.2 Å². The van der Waals surface area contributed by atoms with Gasteiger partial charge in [0.1, 0.15) is 0 Å². The second-order valence-electron chi connectivity index (χ2n) is 24.5. The van der Waals surface area contributed by atoms with Gasteiger partial charge in [-0.25, -0.2) is 19.8 Å². The minimum absolute atomic E-state index is 0.537. The van der Waals surface area contributed by atoms with Crippen molar-refractivity contribution in [1.29, 1.82) is 0 Å². The van der Waals surface area contributed by atoms with E-state index in [0.717, 1.165) is 105 Å². The maximum atomic E-state index is 8.65. The smallest absolute Gasteiger partial charge is 0.188 e. The van der Waals surface area contributed by atoms with Crippen molar-refractivity contribution in [2.75, 3.05) is 0 Å². The van der Waals surface area contributed by atoms with Crippen LogP contribution in [0.5, 0.6) is 0 Å². The SMILES string of the molecule is [C-]#[N+]c1ccc(-n2c3ccc(-c4ccc(C)cc4C)cc3c3cc(-c4ccc(C)cc4C)ccc32)c(-c2ccc(-c3nc(-c4ccccc4)nc(-c4ccccc4)n3)cc2-n2c3ccc(-c4ccc(C)cc4C)cc3c3cc(-c4ccc(C)cc4C)ccc32)c1. The minimum atomic E-state index is 0.537. The summed E-state index contributed by atoms with van der Waals surface area (Å²) in [6.07, 6.45) is 0. The number of hydrogen-bond donors (Lipinski definition) is 0. The van der Waals surface area contributed by atoms with Crippen molar-refractivity contribution in [1.82, 2.24) is 24.1 Å². The molecule has 0 saturated carbocycles. The summed E-state index contributed by atoms with van der Waals surface area (Å²) in [4.78, 5) is 19.9. The van der Waals surface area contributed by atoms with Crippen molar-refractivity contribution >= 4 is 49.3 Å². The first-order valence-electron chi connectivity index (χ1n) is 30.8. The Balaban J connectivity index is 1.04. The van der Waals surface area contributed by atoms with Crippen LogP contribution in [0, 0.1) is 62.0 Å². The molecule has 0 N–H and O–H groups in total. The van der Waals surface area contributed by atoms with E-state index in [-0.39, 0.29) is 0 Å². The van der Waals surface area contributed by atoms with Gasteiger partial charge in [-0.15, -0.1) is 0 Å². The predicted molar refractivity (Wildman–Crippen MR) is 376 cm³/mol. The lowest BCUT2D eigenvalue weighted by Crippen LogP contribution is -2.04. The molecular weight excluding hydrogens is 1090 g/mol. The van der Waals surface area contributed by atoms with Gasteiger partial charge >= 0.3 is 0 Å². The van der Waals surface area contributed by atoms with E-state index in [2.05, 4.69) is 270 Å². The molecule has 0 saturated heterocycles. The van der Waals surface area contributed by atoms with Crippen molar-refractivity contribution in [2.24, 2.45) is 0 Å². The lowest BCUT2D eigenvalue weighted by atomic mass is 9.95. The predicted octanol–water partition coefficient (Wildman–Crippen LogP) is 22.4. The van der Waals surface area contributed by atoms with Crippen LogP contribution in [0.15, 0.2) is 243 Å². The highest BCUT2D eigenvalue weighted by molar-refractivity contribution is 6.14. The third-order valence-corrected chi connectivity index (χ3v) is 18.1. The summed E-state index contributed by atoms with van der Waals surface area (Å²) in [7, 11) is 0. The highest BCUT2D eigenvalue weighted by atomic mass is 15.0. The van der Waals surface area contributed by atoms with Crippen LogP contribution >= 0.6 is 0 Å². The van der Waals surface area contributed by atoms with Crippen LogP contribution in [-0.2, 0) is 0 Å². The molecule has 0 atom stereocenters. The molecule has 0 radical (unpaired) electrons. The molecular formula is C84H64N6. The number of nitrogens with zero attached hydrogens (tertiary/aromatic N) is 6. The number of aromatic nitrogens is 5. The van der Waals surface area contributed by atoms with Crippen LogP contribution in [-0.4, -0.2) is 24.1 Å². The van der Waals surface area contributed by atoms with E-state index >= 15 is 0 Å². The molecule has 0 bridgehead atoms. The molecule has 3 aromatic heterocycles.